The second kappa shape index (κ2) is 8.65. The van der Waals surface area contributed by atoms with Gasteiger partial charge in [0, 0.05) is 6.04 Å². The van der Waals surface area contributed by atoms with Crippen molar-refractivity contribution in [3.63, 3.8) is 0 Å². The smallest absolute Gasteiger partial charge is 0.253 e. The van der Waals surface area contributed by atoms with E-state index >= 15 is 0 Å². The molecule has 0 unspecified atom stereocenters. The molecule has 148 valence electrons. The molecule has 1 aliphatic rings. The molecule has 7 nitrogen and oxygen atoms in total. The van der Waals surface area contributed by atoms with Gasteiger partial charge in [-0.1, -0.05) is 12.1 Å². The lowest BCUT2D eigenvalue weighted by Crippen LogP contribution is -2.27. The SMILES string of the molecule is COc1cc(CC(=O)Nc2ccccc2C(=O)NC2CC2)cc(OC)c1OC. The van der Waals surface area contributed by atoms with Crippen molar-refractivity contribution in [1.82, 2.24) is 5.32 Å². The lowest BCUT2D eigenvalue weighted by Gasteiger charge is -2.15. The minimum atomic E-state index is -0.249. The summed E-state index contributed by atoms with van der Waals surface area (Å²) in [5, 5.41) is 5.76. The van der Waals surface area contributed by atoms with E-state index in [1.807, 2.05) is 0 Å². The monoisotopic (exact) mass is 384 g/mol. The van der Waals surface area contributed by atoms with E-state index < -0.39 is 0 Å². The van der Waals surface area contributed by atoms with Crippen molar-refractivity contribution in [1.29, 1.82) is 0 Å². The van der Waals surface area contributed by atoms with Gasteiger partial charge in [-0.05, 0) is 42.7 Å². The average Bonchev–Trinajstić information content (AvgIpc) is 3.51. The fourth-order valence-electron chi connectivity index (χ4n) is 2.90. The normalized spacial score (nSPS) is 12.8. The van der Waals surface area contributed by atoms with Crippen LogP contribution in [0.5, 0.6) is 17.2 Å². The predicted molar refractivity (Wildman–Crippen MR) is 105 cm³/mol. The number of anilines is 1. The van der Waals surface area contributed by atoms with E-state index in [0.717, 1.165) is 12.8 Å². The van der Waals surface area contributed by atoms with Gasteiger partial charge in [0.2, 0.25) is 11.7 Å². The molecule has 1 aliphatic carbocycles. The van der Waals surface area contributed by atoms with Crippen molar-refractivity contribution in [2.75, 3.05) is 26.6 Å². The van der Waals surface area contributed by atoms with Crippen molar-refractivity contribution in [3.8, 4) is 17.2 Å². The Bertz CT molecular complexity index is 852. The standard InChI is InChI=1S/C21H24N2O5/c1-26-17-10-13(11-18(27-2)20(17)28-3)12-19(24)23-16-7-5-4-6-15(16)21(25)22-14-8-9-14/h4-7,10-11,14H,8-9,12H2,1-3H3,(H,22,25)(H,23,24). The second-order valence-corrected chi connectivity index (χ2v) is 6.55. The summed E-state index contributed by atoms with van der Waals surface area (Å²) in [5.41, 5.74) is 1.64. The number of methoxy groups -OCH3 is 3. The van der Waals surface area contributed by atoms with Crippen LogP contribution in [0.4, 0.5) is 5.69 Å². The third-order valence-corrected chi connectivity index (χ3v) is 4.45. The first-order valence-electron chi connectivity index (χ1n) is 9.04. The quantitative estimate of drug-likeness (QED) is 0.731. The van der Waals surface area contributed by atoms with Crippen molar-refractivity contribution >= 4 is 17.5 Å². The molecule has 2 amide bonds. The number of carbonyl (C=O) groups is 2. The highest BCUT2D eigenvalue weighted by Crippen LogP contribution is 2.38. The van der Waals surface area contributed by atoms with E-state index in [4.69, 9.17) is 14.2 Å². The molecular weight excluding hydrogens is 360 g/mol. The largest absolute Gasteiger partial charge is 0.493 e. The van der Waals surface area contributed by atoms with Gasteiger partial charge in [-0.25, -0.2) is 0 Å². The predicted octanol–water partition coefficient (Wildman–Crippen LogP) is 2.79. The van der Waals surface area contributed by atoms with Crippen molar-refractivity contribution in [2.45, 2.75) is 25.3 Å². The number of nitrogens with one attached hydrogen (secondary N) is 2. The van der Waals surface area contributed by atoms with Crippen LogP contribution in [0.2, 0.25) is 0 Å². The van der Waals surface area contributed by atoms with Crippen LogP contribution in [-0.4, -0.2) is 39.2 Å². The van der Waals surface area contributed by atoms with Gasteiger partial charge in [0.1, 0.15) is 0 Å². The molecule has 0 aromatic heterocycles. The minimum absolute atomic E-state index is 0.0926. The van der Waals surface area contributed by atoms with Crippen LogP contribution in [0.15, 0.2) is 36.4 Å². The van der Waals surface area contributed by atoms with E-state index in [2.05, 4.69) is 10.6 Å². The summed E-state index contributed by atoms with van der Waals surface area (Å²) in [6, 6.07) is 10.7. The molecule has 0 saturated heterocycles. The van der Waals surface area contributed by atoms with Crippen molar-refractivity contribution in [2.24, 2.45) is 0 Å². The maximum Gasteiger partial charge on any atom is 0.253 e. The van der Waals surface area contributed by atoms with Gasteiger partial charge in [-0.15, -0.1) is 0 Å². The summed E-state index contributed by atoms with van der Waals surface area (Å²) in [5.74, 6) is 1.01. The van der Waals surface area contributed by atoms with Crippen molar-refractivity contribution < 1.29 is 23.8 Å². The zero-order chi connectivity index (χ0) is 20.1. The van der Waals surface area contributed by atoms with Gasteiger partial charge in [-0.2, -0.15) is 0 Å². The molecule has 0 bridgehead atoms. The molecule has 2 aromatic rings. The number of rotatable bonds is 8. The zero-order valence-corrected chi connectivity index (χ0v) is 16.2. The van der Waals surface area contributed by atoms with E-state index in [0.29, 0.717) is 34.1 Å². The summed E-state index contributed by atoms with van der Waals surface area (Å²) in [7, 11) is 4.57. The van der Waals surface area contributed by atoms with Gasteiger partial charge in [0.25, 0.3) is 5.91 Å². The van der Waals surface area contributed by atoms with E-state index in [1.54, 1.807) is 36.4 Å². The molecule has 3 rings (SSSR count). The Kier molecular flexibility index (Phi) is 6.03. The van der Waals surface area contributed by atoms with Gasteiger partial charge in [-0.3, -0.25) is 9.59 Å². The Morgan fingerprint density at radius 3 is 2.21 bits per heavy atom. The van der Waals surface area contributed by atoms with Crippen molar-refractivity contribution in [3.05, 3.63) is 47.5 Å². The molecule has 0 aliphatic heterocycles. The number of hydrogen-bond acceptors (Lipinski definition) is 5. The minimum Gasteiger partial charge on any atom is -0.493 e. The molecule has 28 heavy (non-hydrogen) atoms. The molecule has 1 fully saturated rings. The molecule has 1 saturated carbocycles. The second-order valence-electron chi connectivity index (χ2n) is 6.55. The first-order valence-corrected chi connectivity index (χ1v) is 9.04. The van der Waals surface area contributed by atoms with Crippen LogP contribution in [0.3, 0.4) is 0 Å². The molecule has 0 heterocycles. The third-order valence-electron chi connectivity index (χ3n) is 4.45. The number of amides is 2. The lowest BCUT2D eigenvalue weighted by atomic mass is 10.1. The highest BCUT2D eigenvalue weighted by molar-refractivity contribution is 6.04. The number of carbonyl (C=O) groups excluding carboxylic acids is 2. The van der Waals surface area contributed by atoms with Crippen LogP contribution in [0, 0.1) is 0 Å². The fourth-order valence-corrected chi connectivity index (χ4v) is 2.90. The zero-order valence-electron chi connectivity index (χ0n) is 16.2. The molecule has 0 radical (unpaired) electrons. The highest BCUT2D eigenvalue weighted by atomic mass is 16.5. The van der Waals surface area contributed by atoms with Crippen LogP contribution >= 0.6 is 0 Å². The number of para-hydroxylation sites is 1. The lowest BCUT2D eigenvalue weighted by molar-refractivity contribution is -0.115. The maximum atomic E-state index is 12.6. The Morgan fingerprint density at radius 2 is 1.64 bits per heavy atom. The van der Waals surface area contributed by atoms with Crippen LogP contribution in [-0.2, 0) is 11.2 Å². The number of hydrogen-bond donors (Lipinski definition) is 2. The summed E-state index contributed by atoms with van der Waals surface area (Å²) in [4.78, 5) is 25.0. The van der Waals surface area contributed by atoms with Crippen LogP contribution in [0.25, 0.3) is 0 Å². The highest BCUT2D eigenvalue weighted by Gasteiger charge is 2.25. The van der Waals surface area contributed by atoms with Crippen LogP contribution in [0.1, 0.15) is 28.8 Å². The molecule has 0 spiro atoms. The Morgan fingerprint density at radius 1 is 1.00 bits per heavy atom. The molecule has 2 aromatic carbocycles. The first kappa shape index (κ1) is 19.5. The molecule has 0 atom stereocenters. The Hall–Kier alpha value is -3.22. The van der Waals surface area contributed by atoms with Gasteiger partial charge in [0.05, 0.1) is 39.0 Å². The summed E-state index contributed by atoms with van der Waals surface area (Å²) >= 11 is 0. The van der Waals surface area contributed by atoms with E-state index in [-0.39, 0.29) is 24.3 Å². The average molecular weight is 384 g/mol. The van der Waals surface area contributed by atoms with Gasteiger partial charge in [0.15, 0.2) is 11.5 Å². The maximum absolute atomic E-state index is 12.6. The van der Waals surface area contributed by atoms with Gasteiger partial charge >= 0.3 is 0 Å². The Labute approximate surface area is 164 Å². The van der Waals surface area contributed by atoms with Crippen LogP contribution < -0.4 is 24.8 Å². The third kappa shape index (κ3) is 4.54. The molecule has 2 N–H and O–H groups in total. The number of ether oxygens (including phenoxy) is 3. The topological polar surface area (TPSA) is 85.9 Å². The van der Waals surface area contributed by atoms with E-state index in [1.165, 1.54) is 21.3 Å². The first-order chi connectivity index (χ1) is 13.5. The van der Waals surface area contributed by atoms with E-state index in [9.17, 15) is 9.59 Å². The summed E-state index contributed by atoms with van der Waals surface area (Å²) in [6.45, 7) is 0. The molecular formula is C21H24N2O5. The van der Waals surface area contributed by atoms with Gasteiger partial charge < -0.3 is 24.8 Å². The summed E-state index contributed by atoms with van der Waals surface area (Å²) < 4.78 is 15.9. The fraction of sp³-hybridized carbons (Fsp3) is 0.333. The molecule has 7 heteroatoms. The Balaban J connectivity index is 1.75. The summed E-state index contributed by atoms with van der Waals surface area (Å²) in [6.07, 6.45) is 2.10. The number of benzene rings is 2.